The third-order valence-electron chi connectivity index (χ3n) is 5.13. The Kier molecular flexibility index (Phi) is 5.41. The predicted molar refractivity (Wildman–Crippen MR) is 113 cm³/mol. The van der Waals surface area contributed by atoms with E-state index in [0.717, 1.165) is 42.4 Å². The lowest BCUT2D eigenvalue weighted by Crippen LogP contribution is -2.50. The first-order valence-corrected chi connectivity index (χ1v) is 9.86. The molecule has 8 heteroatoms. The highest BCUT2D eigenvalue weighted by atomic mass is 16.2. The van der Waals surface area contributed by atoms with Crippen LogP contribution in [0.1, 0.15) is 18.2 Å². The summed E-state index contributed by atoms with van der Waals surface area (Å²) in [4.78, 5) is 25.2. The van der Waals surface area contributed by atoms with Gasteiger partial charge in [-0.3, -0.25) is 4.98 Å². The van der Waals surface area contributed by atoms with E-state index in [2.05, 4.69) is 51.3 Å². The summed E-state index contributed by atoms with van der Waals surface area (Å²) in [5.41, 5.74) is 3.92. The molecule has 0 radical (unpaired) electrons. The third kappa shape index (κ3) is 4.06. The number of amides is 2. The maximum atomic E-state index is 12.8. The first-order chi connectivity index (χ1) is 14.2. The summed E-state index contributed by atoms with van der Waals surface area (Å²) >= 11 is 0. The van der Waals surface area contributed by atoms with E-state index >= 15 is 0 Å². The molecule has 0 bridgehead atoms. The zero-order chi connectivity index (χ0) is 20.2. The lowest BCUT2D eigenvalue weighted by molar-refractivity contribution is 0.208. The minimum atomic E-state index is -0.0951. The summed E-state index contributed by atoms with van der Waals surface area (Å²) < 4.78 is 1.90. The number of urea groups is 1. The standard InChI is InChI=1S/C21H25N7O/c1-3-19-18(14-24-28(19)17-6-4-5-16(2)13-17)25-21(29)27-11-9-26(10-12-27)20-15-22-7-8-23-20/h4-8,13-15H,3,9-12H2,1-2H3,(H,25,29). The van der Waals surface area contributed by atoms with Crippen molar-refractivity contribution < 1.29 is 4.79 Å². The number of aromatic nitrogens is 4. The van der Waals surface area contributed by atoms with E-state index in [-0.39, 0.29) is 6.03 Å². The summed E-state index contributed by atoms with van der Waals surface area (Å²) in [6.07, 6.45) is 7.60. The normalized spacial score (nSPS) is 14.1. The van der Waals surface area contributed by atoms with E-state index in [1.54, 1.807) is 24.8 Å². The van der Waals surface area contributed by atoms with Crippen LogP contribution in [-0.2, 0) is 6.42 Å². The van der Waals surface area contributed by atoms with Gasteiger partial charge in [0.15, 0.2) is 0 Å². The summed E-state index contributed by atoms with van der Waals surface area (Å²) in [7, 11) is 0. The SMILES string of the molecule is CCc1c(NC(=O)N2CCN(c3cnccn3)CC2)cnn1-c1cccc(C)c1. The van der Waals surface area contributed by atoms with E-state index in [4.69, 9.17) is 0 Å². The number of aryl methyl sites for hydroxylation is 1. The van der Waals surface area contributed by atoms with Gasteiger partial charge in [-0.2, -0.15) is 5.10 Å². The molecule has 8 nitrogen and oxygen atoms in total. The van der Waals surface area contributed by atoms with Gasteiger partial charge in [0, 0.05) is 38.6 Å². The number of anilines is 2. The van der Waals surface area contributed by atoms with Crippen molar-refractivity contribution in [1.29, 1.82) is 0 Å². The zero-order valence-corrected chi connectivity index (χ0v) is 16.7. The molecule has 0 spiro atoms. The van der Waals surface area contributed by atoms with Gasteiger partial charge in [-0.15, -0.1) is 0 Å². The van der Waals surface area contributed by atoms with Crippen molar-refractivity contribution in [2.45, 2.75) is 20.3 Å². The second-order valence-electron chi connectivity index (χ2n) is 7.08. The van der Waals surface area contributed by atoms with Gasteiger partial charge in [-0.05, 0) is 31.0 Å². The Morgan fingerprint density at radius 1 is 1.14 bits per heavy atom. The van der Waals surface area contributed by atoms with E-state index in [1.807, 2.05) is 21.7 Å². The van der Waals surface area contributed by atoms with Crippen molar-refractivity contribution in [3.63, 3.8) is 0 Å². The molecule has 0 atom stereocenters. The number of hydrogen-bond donors (Lipinski definition) is 1. The van der Waals surface area contributed by atoms with Crippen LogP contribution in [0.15, 0.2) is 49.1 Å². The molecule has 4 rings (SSSR count). The molecule has 0 aliphatic carbocycles. The Hall–Kier alpha value is -3.42. The molecule has 3 heterocycles. The fraction of sp³-hybridized carbons (Fsp3) is 0.333. The van der Waals surface area contributed by atoms with E-state index in [0.29, 0.717) is 13.1 Å². The first-order valence-electron chi connectivity index (χ1n) is 9.86. The van der Waals surface area contributed by atoms with Gasteiger partial charge >= 0.3 is 6.03 Å². The van der Waals surface area contributed by atoms with Crippen molar-refractivity contribution >= 4 is 17.5 Å². The van der Waals surface area contributed by atoms with Crippen LogP contribution >= 0.6 is 0 Å². The Bertz CT molecular complexity index is 978. The number of rotatable bonds is 4. The lowest BCUT2D eigenvalue weighted by atomic mass is 10.2. The van der Waals surface area contributed by atoms with Crippen LogP contribution < -0.4 is 10.2 Å². The molecule has 1 aliphatic rings. The quantitative estimate of drug-likeness (QED) is 0.740. The second kappa shape index (κ2) is 8.30. The summed E-state index contributed by atoms with van der Waals surface area (Å²) in [5, 5.41) is 7.56. The number of hydrogen-bond acceptors (Lipinski definition) is 5. The number of nitrogens with zero attached hydrogens (tertiary/aromatic N) is 6. The molecule has 1 aliphatic heterocycles. The van der Waals surface area contributed by atoms with Gasteiger partial charge in [-0.1, -0.05) is 19.1 Å². The lowest BCUT2D eigenvalue weighted by Gasteiger charge is -2.35. The Balaban J connectivity index is 1.43. The highest BCUT2D eigenvalue weighted by Crippen LogP contribution is 2.21. The maximum Gasteiger partial charge on any atom is 0.322 e. The van der Waals surface area contributed by atoms with Crippen molar-refractivity contribution in [1.82, 2.24) is 24.6 Å². The zero-order valence-electron chi connectivity index (χ0n) is 16.7. The average molecular weight is 391 g/mol. The van der Waals surface area contributed by atoms with Gasteiger partial charge in [-0.25, -0.2) is 14.5 Å². The van der Waals surface area contributed by atoms with Crippen molar-refractivity contribution in [3.05, 3.63) is 60.3 Å². The summed E-state index contributed by atoms with van der Waals surface area (Å²) in [6.45, 7) is 6.86. The Morgan fingerprint density at radius 2 is 1.97 bits per heavy atom. The fourth-order valence-corrected chi connectivity index (χ4v) is 3.59. The topological polar surface area (TPSA) is 79.2 Å². The Morgan fingerprint density at radius 3 is 2.66 bits per heavy atom. The number of benzene rings is 1. The molecule has 1 saturated heterocycles. The fourth-order valence-electron chi connectivity index (χ4n) is 3.59. The highest BCUT2D eigenvalue weighted by Gasteiger charge is 2.23. The van der Waals surface area contributed by atoms with Crippen LogP contribution in [0.2, 0.25) is 0 Å². The molecule has 1 N–H and O–H groups in total. The molecule has 1 fully saturated rings. The van der Waals surface area contributed by atoms with Crippen LogP contribution in [-0.4, -0.2) is 56.9 Å². The number of carbonyl (C=O) groups is 1. The molecule has 0 saturated carbocycles. The largest absolute Gasteiger partial charge is 0.352 e. The van der Waals surface area contributed by atoms with Crippen molar-refractivity contribution in [2.24, 2.45) is 0 Å². The number of nitrogens with one attached hydrogen (secondary N) is 1. The molecular weight excluding hydrogens is 366 g/mol. The highest BCUT2D eigenvalue weighted by molar-refractivity contribution is 5.90. The molecule has 2 amide bonds. The van der Waals surface area contributed by atoms with Crippen molar-refractivity contribution in [2.75, 3.05) is 36.4 Å². The summed E-state index contributed by atoms with van der Waals surface area (Å²) in [5.74, 6) is 0.847. The maximum absolute atomic E-state index is 12.8. The van der Waals surface area contributed by atoms with Gasteiger partial charge in [0.25, 0.3) is 0 Å². The Labute approximate surface area is 170 Å². The number of piperazine rings is 1. The van der Waals surface area contributed by atoms with E-state index < -0.39 is 0 Å². The molecule has 1 aromatic carbocycles. The van der Waals surface area contributed by atoms with Crippen LogP contribution in [0, 0.1) is 6.92 Å². The molecule has 29 heavy (non-hydrogen) atoms. The van der Waals surface area contributed by atoms with E-state index in [9.17, 15) is 4.79 Å². The minimum Gasteiger partial charge on any atom is -0.352 e. The molecule has 3 aromatic rings. The third-order valence-corrected chi connectivity index (χ3v) is 5.13. The smallest absolute Gasteiger partial charge is 0.322 e. The first kappa shape index (κ1) is 18.9. The van der Waals surface area contributed by atoms with Gasteiger partial charge in [0.1, 0.15) is 5.82 Å². The van der Waals surface area contributed by atoms with Gasteiger partial charge < -0.3 is 15.1 Å². The molecule has 150 valence electrons. The van der Waals surface area contributed by atoms with E-state index in [1.165, 1.54) is 5.56 Å². The summed E-state index contributed by atoms with van der Waals surface area (Å²) in [6, 6.07) is 8.09. The monoisotopic (exact) mass is 391 g/mol. The van der Waals surface area contributed by atoms with Crippen LogP contribution in [0.4, 0.5) is 16.3 Å². The second-order valence-corrected chi connectivity index (χ2v) is 7.08. The van der Waals surface area contributed by atoms with Crippen LogP contribution in [0.3, 0.4) is 0 Å². The molecule has 2 aromatic heterocycles. The van der Waals surface area contributed by atoms with Crippen molar-refractivity contribution in [3.8, 4) is 5.69 Å². The average Bonchev–Trinajstić information content (AvgIpc) is 3.17. The van der Waals surface area contributed by atoms with Gasteiger partial charge in [0.05, 0.1) is 29.5 Å². The predicted octanol–water partition coefficient (Wildman–Crippen LogP) is 2.89. The molecular formula is C21H25N7O. The minimum absolute atomic E-state index is 0.0951. The van der Waals surface area contributed by atoms with Crippen LogP contribution in [0.5, 0.6) is 0 Å². The van der Waals surface area contributed by atoms with Gasteiger partial charge in [0.2, 0.25) is 0 Å². The van der Waals surface area contributed by atoms with Crippen LogP contribution in [0.25, 0.3) is 5.69 Å². The number of carbonyl (C=O) groups excluding carboxylic acids is 1. The molecule has 0 unspecified atom stereocenters.